The number of oxime groups is 1. The predicted molar refractivity (Wildman–Crippen MR) is 110 cm³/mol. The average molecular weight is 398 g/mol. The smallest absolute Gasteiger partial charge is 0.264 e. The summed E-state index contributed by atoms with van der Waals surface area (Å²) in [6.07, 6.45) is -0.294. The number of amides is 1. The fraction of sp³-hybridized carbons (Fsp3) is 0.364. The van der Waals surface area contributed by atoms with Gasteiger partial charge in [0.15, 0.2) is 0 Å². The Morgan fingerprint density at radius 3 is 2.69 bits per heavy atom. The van der Waals surface area contributed by atoms with Crippen molar-refractivity contribution in [2.45, 2.75) is 39.0 Å². The van der Waals surface area contributed by atoms with Crippen LogP contribution in [0.2, 0.25) is 0 Å². The number of carbonyl (C=O) groups excluding carboxylic acids is 1. The number of para-hydroxylation sites is 1. The fourth-order valence-electron chi connectivity index (χ4n) is 3.03. The molecule has 0 aromatic heterocycles. The molecule has 29 heavy (non-hydrogen) atoms. The first-order valence-electron chi connectivity index (χ1n) is 9.49. The van der Waals surface area contributed by atoms with Crippen LogP contribution in [-0.4, -0.2) is 38.0 Å². The van der Waals surface area contributed by atoms with E-state index in [0.717, 1.165) is 16.9 Å². The molecule has 2 aromatic carbocycles. The first-order valence-corrected chi connectivity index (χ1v) is 9.49. The molecule has 1 aliphatic heterocycles. The van der Waals surface area contributed by atoms with Gasteiger partial charge in [-0.1, -0.05) is 23.4 Å². The van der Waals surface area contributed by atoms with E-state index in [4.69, 9.17) is 19.0 Å². The molecule has 0 radical (unpaired) electrons. The van der Waals surface area contributed by atoms with Gasteiger partial charge in [-0.05, 0) is 38.1 Å². The molecule has 1 atom stereocenters. The average Bonchev–Trinajstić information content (AvgIpc) is 3.22. The highest BCUT2D eigenvalue weighted by Crippen LogP contribution is 2.28. The van der Waals surface area contributed by atoms with Gasteiger partial charge < -0.3 is 24.4 Å². The lowest BCUT2D eigenvalue weighted by molar-refractivity contribution is -0.131. The van der Waals surface area contributed by atoms with Gasteiger partial charge in [-0.3, -0.25) is 4.79 Å². The minimum atomic E-state index is -0.695. The lowest BCUT2D eigenvalue weighted by atomic mass is 10.0. The van der Waals surface area contributed by atoms with Gasteiger partial charge in [-0.15, -0.1) is 0 Å². The number of rotatable bonds is 8. The summed E-state index contributed by atoms with van der Waals surface area (Å²) in [4.78, 5) is 18.0. The molecule has 0 saturated carbocycles. The van der Waals surface area contributed by atoms with Crippen molar-refractivity contribution >= 4 is 11.6 Å². The third kappa shape index (κ3) is 4.99. The zero-order chi connectivity index (χ0) is 20.8. The van der Waals surface area contributed by atoms with Crippen molar-refractivity contribution in [1.29, 1.82) is 0 Å². The van der Waals surface area contributed by atoms with Gasteiger partial charge in [0.1, 0.15) is 17.2 Å². The largest absolute Gasteiger partial charge is 0.497 e. The van der Waals surface area contributed by atoms with Gasteiger partial charge in [0.25, 0.3) is 5.91 Å². The Hall–Kier alpha value is -3.22. The number of benzene rings is 2. The van der Waals surface area contributed by atoms with E-state index in [1.165, 1.54) is 0 Å². The summed E-state index contributed by atoms with van der Waals surface area (Å²) in [6.45, 7) is 4.28. The minimum absolute atomic E-state index is 0.0545. The summed E-state index contributed by atoms with van der Waals surface area (Å²) < 4.78 is 16.5. The number of ether oxygens (including phenoxy) is 3. The summed E-state index contributed by atoms with van der Waals surface area (Å²) in [5.74, 6) is 1.85. The SMILES string of the molecule is COc1ccc(OC)c(C2=NOC(C(=O)NCc3ccccc3OC(C)C)C2)c1. The van der Waals surface area contributed by atoms with Crippen molar-refractivity contribution in [3.63, 3.8) is 0 Å². The second kappa shape index (κ2) is 9.32. The summed E-state index contributed by atoms with van der Waals surface area (Å²) in [5, 5.41) is 7.00. The van der Waals surface area contributed by atoms with Crippen LogP contribution in [0.25, 0.3) is 0 Å². The van der Waals surface area contributed by atoms with Crippen molar-refractivity contribution in [2.75, 3.05) is 14.2 Å². The molecule has 3 rings (SSSR count). The number of hydrogen-bond acceptors (Lipinski definition) is 6. The van der Waals surface area contributed by atoms with Crippen LogP contribution in [0.1, 0.15) is 31.4 Å². The monoisotopic (exact) mass is 398 g/mol. The minimum Gasteiger partial charge on any atom is -0.497 e. The first kappa shape index (κ1) is 20.5. The Morgan fingerprint density at radius 1 is 1.17 bits per heavy atom. The number of methoxy groups -OCH3 is 2. The molecule has 0 spiro atoms. The Bertz CT molecular complexity index is 895. The maximum Gasteiger partial charge on any atom is 0.264 e. The maximum atomic E-state index is 12.6. The highest BCUT2D eigenvalue weighted by Gasteiger charge is 2.30. The van der Waals surface area contributed by atoms with Crippen molar-refractivity contribution in [3.8, 4) is 17.2 Å². The van der Waals surface area contributed by atoms with Gasteiger partial charge in [-0.2, -0.15) is 0 Å². The zero-order valence-corrected chi connectivity index (χ0v) is 17.1. The summed E-state index contributed by atoms with van der Waals surface area (Å²) in [5.41, 5.74) is 2.30. The molecule has 154 valence electrons. The zero-order valence-electron chi connectivity index (χ0n) is 17.1. The molecule has 1 heterocycles. The second-order valence-electron chi connectivity index (χ2n) is 6.89. The van der Waals surface area contributed by atoms with Gasteiger partial charge in [0, 0.05) is 24.1 Å². The van der Waals surface area contributed by atoms with Crippen LogP contribution in [0.5, 0.6) is 17.2 Å². The van der Waals surface area contributed by atoms with E-state index in [-0.39, 0.29) is 12.0 Å². The lowest BCUT2D eigenvalue weighted by Crippen LogP contribution is -2.34. The molecule has 0 fully saturated rings. The van der Waals surface area contributed by atoms with Gasteiger partial charge in [0.05, 0.1) is 26.0 Å². The van der Waals surface area contributed by atoms with Crippen LogP contribution < -0.4 is 19.5 Å². The van der Waals surface area contributed by atoms with Crippen LogP contribution >= 0.6 is 0 Å². The standard InChI is InChI=1S/C22H26N2O5/c1-14(2)28-19-8-6-5-7-15(19)13-23-22(25)21-12-18(24-29-21)17-11-16(26-3)9-10-20(17)27-4/h5-11,14,21H,12-13H2,1-4H3,(H,23,25). The molecule has 7 heteroatoms. The van der Waals surface area contributed by atoms with E-state index in [9.17, 15) is 4.79 Å². The van der Waals surface area contributed by atoms with Crippen LogP contribution in [0.3, 0.4) is 0 Å². The highest BCUT2D eigenvalue weighted by atomic mass is 16.6. The molecular formula is C22H26N2O5. The number of nitrogens with one attached hydrogen (secondary N) is 1. The molecule has 0 aliphatic carbocycles. The Labute approximate surface area is 170 Å². The van der Waals surface area contributed by atoms with Crippen LogP contribution in [0.15, 0.2) is 47.6 Å². The number of nitrogens with zero attached hydrogens (tertiary/aromatic N) is 1. The van der Waals surface area contributed by atoms with E-state index >= 15 is 0 Å². The van der Waals surface area contributed by atoms with E-state index in [0.29, 0.717) is 30.2 Å². The predicted octanol–water partition coefficient (Wildman–Crippen LogP) is 3.30. The van der Waals surface area contributed by atoms with Gasteiger partial charge >= 0.3 is 0 Å². The summed E-state index contributed by atoms with van der Waals surface area (Å²) in [6, 6.07) is 13.1. The van der Waals surface area contributed by atoms with Gasteiger partial charge in [-0.25, -0.2) is 0 Å². The molecule has 0 saturated heterocycles. The van der Waals surface area contributed by atoms with E-state index in [2.05, 4.69) is 10.5 Å². The Kier molecular flexibility index (Phi) is 6.59. The molecule has 0 bridgehead atoms. The van der Waals surface area contributed by atoms with Crippen LogP contribution in [0, 0.1) is 0 Å². The Morgan fingerprint density at radius 2 is 1.97 bits per heavy atom. The van der Waals surface area contributed by atoms with E-state index < -0.39 is 6.10 Å². The quantitative estimate of drug-likeness (QED) is 0.738. The topological polar surface area (TPSA) is 78.4 Å². The van der Waals surface area contributed by atoms with Crippen molar-refractivity contribution < 1.29 is 23.8 Å². The normalized spacial score (nSPS) is 15.5. The molecular weight excluding hydrogens is 372 g/mol. The third-order valence-corrected chi connectivity index (χ3v) is 4.47. The number of hydrogen-bond donors (Lipinski definition) is 1. The van der Waals surface area contributed by atoms with Crippen molar-refractivity contribution in [2.24, 2.45) is 5.16 Å². The Balaban J connectivity index is 1.63. The van der Waals surface area contributed by atoms with Crippen molar-refractivity contribution in [3.05, 3.63) is 53.6 Å². The van der Waals surface area contributed by atoms with Crippen molar-refractivity contribution in [1.82, 2.24) is 5.32 Å². The van der Waals surface area contributed by atoms with Crippen LogP contribution in [0.4, 0.5) is 0 Å². The molecule has 1 aliphatic rings. The molecule has 1 amide bonds. The van der Waals surface area contributed by atoms with Gasteiger partial charge in [0.2, 0.25) is 6.10 Å². The van der Waals surface area contributed by atoms with Crippen LogP contribution in [-0.2, 0) is 16.2 Å². The second-order valence-corrected chi connectivity index (χ2v) is 6.89. The van der Waals surface area contributed by atoms with E-state index in [1.807, 2.05) is 44.2 Å². The summed E-state index contributed by atoms with van der Waals surface area (Å²) >= 11 is 0. The lowest BCUT2D eigenvalue weighted by Gasteiger charge is -2.15. The molecule has 1 N–H and O–H groups in total. The van der Waals surface area contributed by atoms with E-state index in [1.54, 1.807) is 26.4 Å². The fourth-order valence-corrected chi connectivity index (χ4v) is 3.03. The highest BCUT2D eigenvalue weighted by molar-refractivity contribution is 6.06. The molecule has 1 unspecified atom stereocenters. The molecule has 7 nitrogen and oxygen atoms in total. The summed E-state index contributed by atoms with van der Waals surface area (Å²) in [7, 11) is 3.18. The molecule has 2 aromatic rings. The maximum absolute atomic E-state index is 12.6. The first-order chi connectivity index (χ1) is 14.0. The number of carbonyl (C=O) groups is 1. The third-order valence-electron chi connectivity index (χ3n) is 4.47.